The van der Waals surface area contributed by atoms with Gasteiger partial charge >= 0.3 is 0 Å². The second kappa shape index (κ2) is 8.76. The third-order valence-electron chi connectivity index (χ3n) is 3.78. The van der Waals surface area contributed by atoms with Crippen LogP contribution in [0.2, 0.25) is 0 Å². The molecule has 0 saturated carbocycles. The van der Waals surface area contributed by atoms with Gasteiger partial charge < -0.3 is 19.0 Å². The van der Waals surface area contributed by atoms with Gasteiger partial charge in [-0.2, -0.15) is 0 Å². The van der Waals surface area contributed by atoms with E-state index in [4.69, 9.17) is 9.15 Å². The van der Waals surface area contributed by atoms with E-state index in [1.54, 1.807) is 17.0 Å². The van der Waals surface area contributed by atoms with Gasteiger partial charge in [-0.3, -0.25) is 9.48 Å². The van der Waals surface area contributed by atoms with Crippen molar-refractivity contribution in [1.82, 2.24) is 29.9 Å². The van der Waals surface area contributed by atoms with E-state index in [0.717, 1.165) is 12.1 Å². The highest BCUT2D eigenvalue weighted by Gasteiger charge is 2.19. The fourth-order valence-corrected chi connectivity index (χ4v) is 3.16. The van der Waals surface area contributed by atoms with Crippen molar-refractivity contribution in [3.8, 4) is 17.3 Å². The number of hydrogen-bond donors (Lipinski definition) is 1. The number of ether oxygens (including phenoxy) is 1. The van der Waals surface area contributed by atoms with Crippen LogP contribution in [0.25, 0.3) is 11.4 Å². The van der Waals surface area contributed by atoms with Crippen molar-refractivity contribution in [3.05, 3.63) is 30.4 Å². The van der Waals surface area contributed by atoms with Crippen LogP contribution in [0, 0.1) is 0 Å². The number of carbonyl (C=O) groups is 1. The third kappa shape index (κ3) is 4.51. The Labute approximate surface area is 161 Å². The molecule has 0 spiro atoms. The molecule has 3 aromatic rings. The van der Waals surface area contributed by atoms with Crippen molar-refractivity contribution in [3.63, 3.8) is 0 Å². The molecule has 0 aromatic carbocycles. The summed E-state index contributed by atoms with van der Waals surface area (Å²) in [6.45, 7) is 5.53. The third-order valence-corrected chi connectivity index (χ3v) is 4.80. The van der Waals surface area contributed by atoms with Crippen molar-refractivity contribution in [2.45, 2.75) is 32.1 Å². The largest absolute Gasteiger partial charge is 0.476 e. The minimum Gasteiger partial charge on any atom is -0.476 e. The maximum atomic E-state index is 12.0. The van der Waals surface area contributed by atoms with Gasteiger partial charge in [0.25, 0.3) is 0 Å². The number of carbonyl (C=O) groups excluding carboxylic acids is 1. The fourth-order valence-electron chi connectivity index (χ4n) is 2.42. The minimum absolute atomic E-state index is 0.102. The van der Waals surface area contributed by atoms with Crippen molar-refractivity contribution in [2.24, 2.45) is 7.05 Å². The first-order valence-electron chi connectivity index (χ1n) is 8.64. The van der Waals surface area contributed by atoms with Gasteiger partial charge in [0.1, 0.15) is 11.3 Å². The molecule has 0 bridgehead atoms. The molecule has 0 saturated heterocycles. The average Bonchev–Trinajstić information content (AvgIpc) is 3.39. The van der Waals surface area contributed by atoms with E-state index in [0.29, 0.717) is 35.8 Å². The first-order chi connectivity index (χ1) is 13.1. The Morgan fingerprint density at radius 3 is 2.93 bits per heavy atom. The van der Waals surface area contributed by atoms with E-state index in [9.17, 15) is 4.79 Å². The maximum absolute atomic E-state index is 12.0. The molecule has 0 aliphatic carbocycles. The van der Waals surface area contributed by atoms with Crippen molar-refractivity contribution >= 4 is 17.7 Å². The molecule has 0 atom stereocenters. The number of amides is 1. The molecular formula is C17H22N6O3S. The molecule has 0 radical (unpaired) electrons. The summed E-state index contributed by atoms with van der Waals surface area (Å²) < 4.78 is 14.4. The summed E-state index contributed by atoms with van der Waals surface area (Å²) in [5, 5.41) is 16.3. The quantitative estimate of drug-likeness (QED) is 0.559. The van der Waals surface area contributed by atoms with E-state index in [1.165, 1.54) is 11.8 Å². The molecule has 0 fully saturated rings. The summed E-state index contributed by atoms with van der Waals surface area (Å²) in [5.41, 5.74) is 0.780. The Balaban J connectivity index is 1.65. The van der Waals surface area contributed by atoms with Crippen LogP contribution in [0.15, 0.2) is 34.2 Å². The van der Waals surface area contributed by atoms with E-state index in [2.05, 4.69) is 20.6 Å². The summed E-state index contributed by atoms with van der Waals surface area (Å²) in [5.74, 6) is 2.03. The zero-order valence-corrected chi connectivity index (χ0v) is 16.3. The average molecular weight is 390 g/mol. The number of nitrogens with one attached hydrogen (secondary N) is 1. The lowest BCUT2D eigenvalue weighted by Crippen LogP contribution is -2.24. The molecule has 144 valence electrons. The summed E-state index contributed by atoms with van der Waals surface area (Å²) in [6.07, 6.45) is 3.47. The van der Waals surface area contributed by atoms with Crippen LogP contribution in [0.5, 0.6) is 5.88 Å². The van der Waals surface area contributed by atoms with Crippen LogP contribution in [0.3, 0.4) is 0 Å². The molecule has 0 aliphatic rings. The van der Waals surface area contributed by atoms with Gasteiger partial charge in [-0.1, -0.05) is 11.8 Å². The highest BCUT2D eigenvalue weighted by Crippen LogP contribution is 2.29. The summed E-state index contributed by atoms with van der Waals surface area (Å²) in [7, 11) is 1.86. The predicted octanol–water partition coefficient (Wildman–Crippen LogP) is 2.10. The molecule has 3 aromatic heterocycles. The Hall–Kier alpha value is -2.75. The van der Waals surface area contributed by atoms with E-state index in [-0.39, 0.29) is 11.7 Å². The van der Waals surface area contributed by atoms with Gasteiger partial charge in [0.2, 0.25) is 11.8 Å². The molecule has 27 heavy (non-hydrogen) atoms. The van der Waals surface area contributed by atoms with Gasteiger partial charge in [-0.15, -0.1) is 15.3 Å². The van der Waals surface area contributed by atoms with Crippen LogP contribution < -0.4 is 10.1 Å². The number of aromatic nitrogens is 5. The Kier molecular flexibility index (Phi) is 6.17. The summed E-state index contributed by atoms with van der Waals surface area (Å²) in [6, 6.07) is 3.60. The highest BCUT2D eigenvalue weighted by atomic mass is 32.2. The topological polar surface area (TPSA) is 100 Å². The predicted molar refractivity (Wildman–Crippen MR) is 100 cm³/mol. The molecule has 9 nitrogen and oxygen atoms in total. The van der Waals surface area contributed by atoms with E-state index in [1.807, 2.05) is 37.7 Å². The normalized spacial score (nSPS) is 10.9. The van der Waals surface area contributed by atoms with Crippen LogP contribution in [0.1, 0.15) is 19.6 Å². The number of nitrogens with zero attached hydrogens (tertiary/aromatic N) is 5. The lowest BCUT2D eigenvalue weighted by atomic mass is 10.3. The van der Waals surface area contributed by atoms with Gasteiger partial charge in [0.05, 0.1) is 25.2 Å². The zero-order chi connectivity index (χ0) is 19.2. The monoisotopic (exact) mass is 390 g/mol. The number of thioether (sulfide) groups is 1. The SMILES string of the molecule is CCOc1nn(CC)cc1-c1nnc(SCC(=O)NCc2ccco2)n1C. The fraction of sp³-hybridized carbons (Fsp3) is 0.412. The first kappa shape index (κ1) is 19.0. The van der Waals surface area contributed by atoms with E-state index >= 15 is 0 Å². The van der Waals surface area contributed by atoms with Crippen molar-refractivity contribution in [1.29, 1.82) is 0 Å². The second-order valence-corrected chi connectivity index (χ2v) is 6.59. The Bertz CT molecular complexity index is 887. The van der Waals surface area contributed by atoms with Gasteiger partial charge in [0.15, 0.2) is 11.0 Å². The molecule has 1 N–H and O–H groups in total. The number of hydrogen-bond acceptors (Lipinski definition) is 7. The molecular weight excluding hydrogens is 368 g/mol. The molecule has 10 heteroatoms. The van der Waals surface area contributed by atoms with Crippen molar-refractivity contribution < 1.29 is 13.9 Å². The Morgan fingerprint density at radius 1 is 1.37 bits per heavy atom. The first-order valence-corrected chi connectivity index (χ1v) is 9.62. The Morgan fingerprint density at radius 2 is 2.22 bits per heavy atom. The smallest absolute Gasteiger partial charge is 0.243 e. The van der Waals surface area contributed by atoms with E-state index < -0.39 is 0 Å². The summed E-state index contributed by atoms with van der Waals surface area (Å²) in [4.78, 5) is 12.0. The maximum Gasteiger partial charge on any atom is 0.243 e. The minimum atomic E-state index is -0.102. The number of furan rings is 1. The molecule has 3 rings (SSSR count). The van der Waals surface area contributed by atoms with Gasteiger partial charge in [-0.25, -0.2) is 0 Å². The molecule has 3 heterocycles. The molecule has 0 aliphatic heterocycles. The van der Waals surface area contributed by atoms with Gasteiger partial charge in [0, 0.05) is 19.8 Å². The number of rotatable bonds is 9. The van der Waals surface area contributed by atoms with Crippen LogP contribution in [-0.2, 0) is 24.9 Å². The highest BCUT2D eigenvalue weighted by molar-refractivity contribution is 7.99. The van der Waals surface area contributed by atoms with Crippen molar-refractivity contribution in [2.75, 3.05) is 12.4 Å². The summed E-state index contributed by atoms with van der Waals surface area (Å²) >= 11 is 1.32. The second-order valence-electron chi connectivity index (χ2n) is 5.65. The van der Waals surface area contributed by atoms with Gasteiger partial charge in [-0.05, 0) is 26.0 Å². The number of aryl methyl sites for hydroxylation is 1. The van der Waals surface area contributed by atoms with Crippen LogP contribution in [0.4, 0.5) is 0 Å². The molecule has 1 amide bonds. The standard InChI is InChI=1S/C17H22N6O3S/c1-4-23-10-13(16(21-23)25-5-2)15-19-20-17(22(15)3)27-11-14(24)18-9-12-7-6-8-26-12/h6-8,10H,4-5,9,11H2,1-3H3,(H,18,24). The zero-order valence-electron chi connectivity index (χ0n) is 15.5. The lowest BCUT2D eigenvalue weighted by Gasteiger charge is -2.05. The molecule has 0 unspecified atom stereocenters. The lowest BCUT2D eigenvalue weighted by molar-refractivity contribution is -0.118. The van der Waals surface area contributed by atoms with Crippen LogP contribution in [-0.4, -0.2) is 42.8 Å². The van der Waals surface area contributed by atoms with Crippen LogP contribution >= 0.6 is 11.8 Å².